The molecule has 0 radical (unpaired) electrons. The molecule has 0 bridgehead atoms. The van der Waals surface area contributed by atoms with E-state index < -0.39 is 0 Å². The monoisotopic (exact) mass is 470 g/mol. The summed E-state index contributed by atoms with van der Waals surface area (Å²) < 4.78 is 13.6. The lowest BCUT2D eigenvalue weighted by Crippen LogP contribution is -2.15. The number of hydrogen-bond donors (Lipinski definition) is 0. The molecule has 33 heavy (non-hydrogen) atoms. The Bertz CT molecular complexity index is 1400. The maximum Gasteiger partial charge on any atom is 0.123 e. The summed E-state index contributed by atoms with van der Waals surface area (Å²) in [5.41, 5.74) is 6.33. The van der Waals surface area contributed by atoms with E-state index in [2.05, 4.69) is 0 Å². The van der Waals surface area contributed by atoms with Crippen molar-refractivity contribution in [3.05, 3.63) is 135 Å². The lowest BCUT2D eigenvalue weighted by atomic mass is 9.92. The summed E-state index contributed by atoms with van der Waals surface area (Å²) in [5.74, 6) is -0.288. The van der Waals surface area contributed by atoms with E-state index in [9.17, 15) is 4.39 Å². The van der Waals surface area contributed by atoms with Crippen molar-refractivity contribution in [3.8, 4) is 0 Å². The van der Waals surface area contributed by atoms with Gasteiger partial charge in [-0.25, -0.2) is 14.4 Å². The Morgan fingerprint density at radius 1 is 0.606 bits per heavy atom. The standard InChI is InChI=1S/C28H17Cl2FN2/c29-21-10-8-20(9-11-21)28-24(16-18-6-13-23(31)14-7-18)27(19-4-2-1-3-5-19)33-26-17-22(30)12-15-25(26)32-28/h1-17H/b24-16-. The fraction of sp³-hybridized carbons (Fsp3) is 0. The third kappa shape index (κ3) is 4.65. The molecule has 0 saturated carbocycles. The molecule has 0 amide bonds. The van der Waals surface area contributed by atoms with Gasteiger partial charge in [0.1, 0.15) is 5.82 Å². The molecule has 1 heterocycles. The molecule has 0 spiro atoms. The number of fused-ring (bicyclic) bond motifs is 1. The van der Waals surface area contributed by atoms with E-state index in [-0.39, 0.29) is 5.82 Å². The van der Waals surface area contributed by atoms with Gasteiger partial charge in [-0.05, 0) is 54.1 Å². The fourth-order valence-electron chi connectivity index (χ4n) is 3.66. The molecule has 4 aromatic carbocycles. The average molecular weight is 471 g/mol. The minimum absolute atomic E-state index is 0.288. The zero-order valence-corrected chi connectivity index (χ0v) is 18.9. The summed E-state index contributed by atoms with van der Waals surface area (Å²) in [5, 5.41) is 1.22. The first kappa shape index (κ1) is 21.3. The minimum atomic E-state index is -0.288. The van der Waals surface area contributed by atoms with E-state index in [4.69, 9.17) is 33.2 Å². The molecular weight excluding hydrogens is 454 g/mol. The van der Waals surface area contributed by atoms with Crippen LogP contribution in [-0.4, -0.2) is 11.4 Å². The van der Waals surface area contributed by atoms with Crippen LogP contribution in [0.4, 0.5) is 15.8 Å². The normalized spacial score (nSPS) is 14.3. The van der Waals surface area contributed by atoms with Crippen LogP contribution in [0.25, 0.3) is 6.08 Å². The van der Waals surface area contributed by atoms with Crippen molar-refractivity contribution >= 4 is 52.1 Å². The molecule has 1 aliphatic heterocycles. The number of benzene rings is 4. The average Bonchev–Trinajstić information content (AvgIpc) is 2.98. The number of aliphatic imine (C=N–C) groups is 2. The van der Waals surface area contributed by atoms with Gasteiger partial charge in [0.2, 0.25) is 0 Å². The van der Waals surface area contributed by atoms with Gasteiger partial charge in [0.15, 0.2) is 0 Å². The SMILES string of the molecule is Fc1ccc(/C=C2\C(c3ccc(Cl)cc3)=Nc3ccc(Cl)cc3N=C2c2ccccc2)cc1. The molecule has 160 valence electrons. The molecule has 0 saturated heterocycles. The van der Waals surface area contributed by atoms with Crippen molar-refractivity contribution in [2.45, 2.75) is 0 Å². The van der Waals surface area contributed by atoms with Crippen LogP contribution in [0.5, 0.6) is 0 Å². The van der Waals surface area contributed by atoms with Gasteiger partial charge >= 0.3 is 0 Å². The van der Waals surface area contributed by atoms with Crippen LogP contribution in [-0.2, 0) is 0 Å². The van der Waals surface area contributed by atoms with E-state index in [1.54, 1.807) is 18.2 Å². The maximum atomic E-state index is 13.6. The molecule has 0 aromatic heterocycles. The van der Waals surface area contributed by atoms with E-state index >= 15 is 0 Å². The Morgan fingerprint density at radius 2 is 1.21 bits per heavy atom. The van der Waals surface area contributed by atoms with Crippen molar-refractivity contribution in [3.63, 3.8) is 0 Å². The van der Waals surface area contributed by atoms with Crippen molar-refractivity contribution in [2.75, 3.05) is 0 Å². The van der Waals surface area contributed by atoms with Crippen LogP contribution >= 0.6 is 23.2 Å². The molecule has 1 aliphatic rings. The number of halogens is 3. The predicted molar refractivity (Wildman–Crippen MR) is 136 cm³/mol. The topological polar surface area (TPSA) is 24.7 Å². The van der Waals surface area contributed by atoms with Gasteiger partial charge in [0.05, 0.1) is 22.8 Å². The third-order valence-corrected chi connectivity index (χ3v) is 5.75. The van der Waals surface area contributed by atoms with Gasteiger partial charge < -0.3 is 0 Å². The summed E-state index contributed by atoms with van der Waals surface area (Å²) in [6, 6.07) is 29.3. The molecule has 0 N–H and O–H groups in total. The highest BCUT2D eigenvalue weighted by Gasteiger charge is 2.22. The first-order valence-corrected chi connectivity index (χ1v) is 11.1. The van der Waals surface area contributed by atoms with Crippen molar-refractivity contribution < 1.29 is 4.39 Å². The minimum Gasteiger partial charge on any atom is -0.245 e. The lowest BCUT2D eigenvalue weighted by Gasteiger charge is -2.14. The Hall–Kier alpha value is -3.53. The highest BCUT2D eigenvalue weighted by atomic mass is 35.5. The van der Waals surface area contributed by atoms with Crippen molar-refractivity contribution in [1.29, 1.82) is 0 Å². The van der Waals surface area contributed by atoms with Gasteiger partial charge in [0.25, 0.3) is 0 Å². The Balaban J connectivity index is 1.82. The molecule has 5 rings (SSSR count). The lowest BCUT2D eigenvalue weighted by molar-refractivity contribution is 0.628. The number of nitrogens with zero attached hydrogens (tertiary/aromatic N) is 2. The van der Waals surface area contributed by atoms with Crippen LogP contribution in [0.2, 0.25) is 10.0 Å². The second kappa shape index (κ2) is 9.14. The molecule has 0 fully saturated rings. The van der Waals surface area contributed by atoms with E-state index in [0.29, 0.717) is 21.4 Å². The Labute approximate surface area is 201 Å². The molecule has 0 aliphatic carbocycles. The highest BCUT2D eigenvalue weighted by molar-refractivity contribution is 6.38. The summed E-state index contributed by atoms with van der Waals surface area (Å²) in [6.07, 6.45) is 1.98. The highest BCUT2D eigenvalue weighted by Crippen LogP contribution is 2.37. The fourth-order valence-corrected chi connectivity index (χ4v) is 3.95. The van der Waals surface area contributed by atoms with E-state index in [0.717, 1.165) is 33.7 Å². The van der Waals surface area contributed by atoms with Gasteiger partial charge in [-0.1, -0.05) is 77.8 Å². The summed E-state index contributed by atoms with van der Waals surface area (Å²) in [4.78, 5) is 10.0. The molecule has 5 heteroatoms. The van der Waals surface area contributed by atoms with Gasteiger partial charge in [-0.15, -0.1) is 0 Å². The van der Waals surface area contributed by atoms with Gasteiger partial charge in [-0.2, -0.15) is 0 Å². The number of hydrogen-bond acceptors (Lipinski definition) is 2. The molecule has 0 atom stereocenters. The second-order valence-corrected chi connectivity index (χ2v) is 8.41. The predicted octanol–water partition coefficient (Wildman–Crippen LogP) is 8.47. The van der Waals surface area contributed by atoms with E-state index in [1.165, 1.54) is 12.1 Å². The number of rotatable bonds is 3. The Morgan fingerprint density at radius 3 is 1.91 bits per heavy atom. The number of allylic oxidation sites excluding steroid dienone is 1. The summed E-state index contributed by atoms with van der Waals surface area (Å²) in [6.45, 7) is 0. The maximum absolute atomic E-state index is 13.6. The third-order valence-electron chi connectivity index (χ3n) is 5.26. The van der Waals surface area contributed by atoms with E-state index in [1.807, 2.05) is 72.8 Å². The van der Waals surface area contributed by atoms with Crippen LogP contribution in [0, 0.1) is 5.82 Å². The quantitative estimate of drug-likeness (QED) is 0.286. The van der Waals surface area contributed by atoms with Crippen LogP contribution in [0.3, 0.4) is 0 Å². The van der Waals surface area contributed by atoms with Crippen molar-refractivity contribution in [2.24, 2.45) is 9.98 Å². The molecule has 4 aromatic rings. The van der Waals surface area contributed by atoms with Crippen LogP contribution < -0.4 is 0 Å². The zero-order chi connectivity index (χ0) is 22.8. The largest absolute Gasteiger partial charge is 0.245 e. The first-order valence-electron chi connectivity index (χ1n) is 10.3. The molecular formula is C28H17Cl2FN2. The van der Waals surface area contributed by atoms with Crippen LogP contribution in [0.15, 0.2) is 113 Å². The van der Waals surface area contributed by atoms with Crippen molar-refractivity contribution in [1.82, 2.24) is 0 Å². The second-order valence-electron chi connectivity index (χ2n) is 7.54. The molecule has 2 nitrogen and oxygen atoms in total. The molecule has 0 unspecified atom stereocenters. The van der Waals surface area contributed by atoms with Gasteiger partial charge in [0, 0.05) is 26.7 Å². The first-order chi connectivity index (χ1) is 16.1. The Kier molecular flexibility index (Phi) is 5.91. The van der Waals surface area contributed by atoms with Crippen LogP contribution in [0.1, 0.15) is 16.7 Å². The summed E-state index contributed by atoms with van der Waals surface area (Å²) in [7, 11) is 0. The zero-order valence-electron chi connectivity index (χ0n) is 17.3. The summed E-state index contributed by atoms with van der Waals surface area (Å²) >= 11 is 12.5. The smallest absolute Gasteiger partial charge is 0.123 e. The van der Waals surface area contributed by atoms with Gasteiger partial charge in [-0.3, -0.25) is 0 Å².